The molecule has 0 saturated carbocycles. The Hall–Kier alpha value is -0.890. The van der Waals surface area contributed by atoms with E-state index >= 15 is 0 Å². The number of benzene rings is 1. The van der Waals surface area contributed by atoms with Gasteiger partial charge in [0.05, 0.1) is 5.69 Å². The Bertz CT molecular complexity index is 205. The Balaban J connectivity index is 3.01. The normalized spacial score (nSPS) is 9.00. The van der Waals surface area contributed by atoms with E-state index < -0.39 is 0 Å². The van der Waals surface area contributed by atoms with Crippen LogP contribution in [0.3, 0.4) is 0 Å². The summed E-state index contributed by atoms with van der Waals surface area (Å²) in [5.41, 5.74) is 7.22. The molecule has 0 amide bonds. The fraction of sp³-hybridized carbons (Fsp3) is 0. The van der Waals surface area contributed by atoms with E-state index in [0.717, 1.165) is 0 Å². The Morgan fingerprint density at radius 2 is 1.78 bits per heavy atom. The lowest BCUT2D eigenvalue weighted by Gasteiger charge is -1.87. The van der Waals surface area contributed by atoms with Crippen molar-refractivity contribution >= 4 is 17.3 Å². The predicted octanol–water partition coefficient (Wildman–Crippen LogP) is 3.00. The molecule has 0 heterocycles. The van der Waals surface area contributed by atoms with Crippen LogP contribution in [0.5, 0.6) is 0 Å². The van der Waals surface area contributed by atoms with Crippen molar-refractivity contribution in [3.8, 4) is 0 Å². The van der Waals surface area contributed by atoms with Gasteiger partial charge in [-0.1, -0.05) is 11.6 Å². The molecule has 0 atom stereocenters. The fourth-order valence-corrected chi connectivity index (χ4v) is 0.642. The zero-order valence-electron chi connectivity index (χ0n) is 4.63. The number of nitrogens with one attached hydrogen (secondary N) is 1. The summed E-state index contributed by atoms with van der Waals surface area (Å²) in [5, 5.41) is 3.87. The molecule has 1 aromatic rings. The van der Waals surface area contributed by atoms with Gasteiger partial charge in [-0.15, -0.1) is 0 Å². The summed E-state index contributed by atoms with van der Waals surface area (Å²) >= 11 is 5.57. The van der Waals surface area contributed by atoms with E-state index in [-0.39, 0.29) is 0 Å². The van der Waals surface area contributed by atoms with Crippen LogP contribution < -0.4 is 0 Å². The monoisotopic (exact) mass is 140 g/mol. The minimum absolute atomic E-state index is 0.624. The molecule has 1 N–H and O–H groups in total. The van der Waals surface area contributed by atoms with Crippen molar-refractivity contribution in [3.05, 3.63) is 29.3 Å². The Kier molecular flexibility index (Phi) is 1.80. The smallest absolute Gasteiger partial charge is 0.0851 e. The Morgan fingerprint density at radius 1 is 1.22 bits per heavy atom. The molecule has 2 nitrogen and oxygen atoms in total. The van der Waals surface area contributed by atoms with Crippen LogP contribution in [0.4, 0.5) is 5.69 Å². The van der Waals surface area contributed by atoms with Gasteiger partial charge in [-0.2, -0.15) is 5.11 Å². The molecule has 9 heavy (non-hydrogen) atoms. The quantitative estimate of drug-likeness (QED) is 0.583. The van der Waals surface area contributed by atoms with Crippen LogP contribution in [0.1, 0.15) is 0 Å². The van der Waals surface area contributed by atoms with Crippen molar-refractivity contribution < 1.29 is 0 Å². The van der Waals surface area contributed by atoms with Crippen molar-refractivity contribution in [2.45, 2.75) is 0 Å². The van der Waals surface area contributed by atoms with Crippen LogP contribution in [0.2, 0.25) is 5.02 Å². The molecule has 0 aliphatic rings. The minimum atomic E-state index is 0.624. The van der Waals surface area contributed by atoms with Crippen LogP contribution in [0, 0.1) is 5.53 Å². The molecule has 1 rings (SSSR count). The summed E-state index contributed by atoms with van der Waals surface area (Å²) in [7, 11) is 0. The molecule has 0 aliphatic heterocycles. The molecule has 0 aromatic heterocycles. The highest BCUT2D eigenvalue weighted by molar-refractivity contribution is 6.30. The van der Waals surface area contributed by atoms with Gasteiger partial charge in [-0.05, 0) is 24.3 Å². The number of hydrogen-bond donors (Lipinski definition) is 1. The lowest BCUT2D eigenvalue weighted by molar-refractivity contribution is 1.15. The first-order valence-electron chi connectivity index (χ1n) is 2.46. The van der Waals surface area contributed by atoms with Crippen molar-refractivity contribution in [2.75, 3.05) is 0 Å². The second-order valence-electron chi connectivity index (χ2n) is 1.59. The van der Waals surface area contributed by atoms with Gasteiger partial charge in [0.25, 0.3) is 0 Å². The number of hydrogen-bond acceptors (Lipinski definition) is 2. The maximum atomic E-state index is 6.60. The molecule has 0 fully saturated rings. The molecule has 0 saturated heterocycles. The van der Waals surface area contributed by atoms with E-state index in [1.807, 2.05) is 0 Å². The van der Waals surface area contributed by atoms with Crippen molar-refractivity contribution in [1.82, 2.24) is 0 Å². The molecule has 46 valence electrons. The van der Waals surface area contributed by atoms with Gasteiger partial charge in [-0.3, -0.25) is 0 Å². The second kappa shape index (κ2) is 2.60. The maximum absolute atomic E-state index is 6.60. The average molecular weight is 141 g/mol. The van der Waals surface area contributed by atoms with E-state index in [1.54, 1.807) is 24.3 Å². The number of rotatable bonds is 1. The standard InChI is InChI=1S/C6H5ClN2/c7-5-1-3-6(9-8)4-2-5/h1-4,8H. The molecule has 1 aromatic carbocycles. The zero-order chi connectivity index (χ0) is 6.69. The first-order valence-corrected chi connectivity index (χ1v) is 2.84. The highest BCUT2D eigenvalue weighted by Gasteiger charge is 1.86. The summed E-state index contributed by atoms with van der Waals surface area (Å²) in [6.45, 7) is 0. The fourth-order valence-electron chi connectivity index (χ4n) is 0.516. The average Bonchev–Trinajstić information content (AvgIpc) is 1.90. The molecule has 3 heteroatoms. The van der Waals surface area contributed by atoms with Gasteiger partial charge in [0.15, 0.2) is 0 Å². The lowest BCUT2D eigenvalue weighted by Crippen LogP contribution is -1.60. The van der Waals surface area contributed by atoms with Gasteiger partial charge in [0.2, 0.25) is 0 Å². The van der Waals surface area contributed by atoms with Crippen molar-refractivity contribution in [3.63, 3.8) is 0 Å². The minimum Gasteiger partial charge on any atom is -0.204 e. The third-order valence-corrected chi connectivity index (χ3v) is 1.21. The molecular weight excluding hydrogens is 136 g/mol. The van der Waals surface area contributed by atoms with Crippen LogP contribution >= 0.6 is 11.6 Å². The van der Waals surface area contributed by atoms with E-state index in [9.17, 15) is 0 Å². The third kappa shape index (κ3) is 1.50. The Morgan fingerprint density at radius 3 is 2.22 bits per heavy atom. The summed E-state index contributed by atoms with van der Waals surface area (Å²) < 4.78 is 0. The maximum Gasteiger partial charge on any atom is 0.0851 e. The van der Waals surface area contributed by atoms with Gasteiger partial charge in [-0.25, -0.2) is 5.53 Å². The largest absolute Gasteiger partial charge is 0.204 e. The van der Waals surface area contributed by atoms with Gasteiger partial charge in [0, 0.05) is 5.02 Å². The highest BCUT2D eigenvalue weighted by atomic mass is 35.5. The van der Waals surface area contributed by atoms with Gasteiger partial charge >= 0.3 is 0 Å². The summed E-state index contributed by atoms with van der Waals surface area (Å²) in [6, 6.07) is 6.79. The molecule has 0 aliphatic carbocycles. The van der Waals surface area contributed by atoms with E-state index in [4.69, 9.17) is 17.1 Å². The summed E-state index contributed by atoms with van der Waals surface area (Å²) in [4.78, 5) is 0. The highest BCUT2D eigenvalue weighted by Crippen LogP contribution is 2.14. The molecule has 0 spiro atoms. The zero-order valence-corrected chi connectivity index (χ0v) is 5.39. The molecule has 0 unspecified atom stereocenters. The molecule has 0 bridgehead atoms. The van der Waals surface area contributed by atoms with E-state index in [1.165, 1.54) is 0 Å². The van der Waals surface area contributed by atoms with E-state index in [0.29, 0.717) is 10.7 Å². The van der Waals surface area contributed by atoms with Crippen molar-refractivity contribution in [2.24, 2.45) is 5.11 Å². The van der Waals surface area contributed by atoms with Crippen LogP contribution in [-0.4, -0.2) is 0 Å². The lowest BCUT2D eigenvalue weighted by atomic mass is 10.3. The third-order valence-electron chi connectivity index (χ3n) is 0.956. The first-order chi connectivity index (χ1) is 4.33. The van der Waals surface area contributed by atoms with Crippen LogP contribution in [-0.2, 0) is 0 Å². The first kappa shape index (κ1) is 6.23. The number of halogens is 1. The number of nitrogens with zero attached hydrogens (tertiary/aromatic N) is 1. The Labute approximate surface area is 58.0 Å². The summed E-state index contributed by atoms with van der Waals surface area (Å²) in [5.74, 6) is 0. The van der Waals surface area contributed by atoms with Gasteiger partial charge in [0.1, 0.15) is 0 Å². The predicted molar refractivity (Wildman–Crippen MR) is 36.3 cm³/mol. The molecular formula is C6H5ClN2. The van der Waals surface area contributed by atoms with Crippen LogP contribution in [0.25, 0.3) is 0 Å². The topological polar surface area (TPSA) is 36.2 Å². The van der Waals surface area contributed by atoms with Crippen LogP contribution in [0.15, 0.2) is 29.4 Å². The van der Waals surface area contributed by atoms with Gasteiger partial charge < -0.3 is 0 Å². The second-order valence-corrected chi connectivity index (χ2v) is 2.02. The van der Waals surface area contributed by atoms with Crippen molar-refractivity contribution in [1.29, 1.82) is 5.53 Å². The molecule has 0 radical (unpaired) electrons. The SMILES string of the molecule is N=Nc1ccc(Cl)cc1. The van der Waals surface area contributed by atoms with E-state index in [2.05, 4.69) is 5.11 Å². The summed E-state index contributed by atoms with van der Waals surface area (Å²) in [6.07, 6.45) is 0.